The molecule has 4 heteroatoms. The third-order valence-corrected chi connectivity index (χ3v) is 4.06. The van der Waals surface area contributed by atoms with Crippen LogP contribution in [0.3, 0.4) is 0 Å². The van der Waals surface area contributed by atoms with E-state index >= 15 is 0 Å². The Balaban J connectivity index is 2.50. The van der Waals surface area contributed by atoms with Crippen LogP contribution in [0.4, 0.5) is 0 Å². The molecule has 0 aliphatic rings. The average molecular weight is 293 g/mol. The quantitative estimate of drug-likeness (QED) is 0.774. The summed E-state index contributed by atoms with van der Waals surface area (Å²) in [5.74, 6) is 0.661. The molecular weight excluding hydrogens is 266 g/mol. The smallest absolute Gasteiger partial charge is 0.223 e. The van der Waals surface area contributed by atoms with E-state index in [1.54, 1.807) is 7.11 Å². The maximum Gasteiger partial charge on any atom is 0.223 e. The zero-order valence-electron chi connectivity index (χ0n) is 13.5. The molecule has 21 heavy (non-hydrogen) atoms. The largest absolute Gasteiger partial charge is 0.497 e. The zero-order chi connectivity index (χ0) is 15.9. The van der Waals surface area contributed by atoms with E-state index in [4.69, 9.17) is 4.74 Å². The number of aliphatic hydroxyl groups is 1. The van der Waals surface area contributed by atoms with Crippen molar-refractivity contribution in [3.63, 3.8) is 0 Å². The normalized spacial score (nSPS) is 12.8. The third kappa shape index (κ3) is 5.38. The van der Waals surface area contributed by atoms with E-state index in [0.29, 0.717) is 25.8 Å². The van der Waals surface area contributed by atoms with Crippen molar-refractivity contribution in [2.75, 3.05) is 13.7 Å². The molecule has 0 fully saturated rings. The lowest BCUT2D eigenvalue weighted by molar-refractivity contribution is -0.125. The van der Waals surface area contributed by atoms with Gasteiger partial charge in [-0.25, -0.2) is 0 Å². The molecule has 118 valence electrons. The van der Waals surface area contributed by atoms with Crippen LogP contribution in [0.15, 0.2) is 24.3 Å². The molecule has 0 radical (unpaired) electrons. The number of methoxy groups -OCH3 is 1. The summed E-state index contributed by atoms with van der Waals surface area (Å²) in [4.78, 5) is 12.1. The molecule has 1 atom stereocenters. The third-order valence-electron chi connectivity index (χ3n) is 4.06. The molecule has 0 spiro atoms. The van der Waals surface area contributed by atoms with Crippen molar-refractivity contribution in [1.29, 1.82) is 0 Å². The van der Waals surface area contributed by atoms with Gasteiger partial charge in [-0.1, -0.05) is 32.9 Å². The van der Waals surface area contributed by atoms with Gasteiger partial charge in [-0.15, -0.1) is 0 Å². The number of benzene rings is 1. The van der Waals surface area contributed by atoms with E-state index < -0.39 is 5.60 Å². The maximum atomic E-state index is 12.1. The summed E-state index contributed by atoms with van der Waals surface area (Å²) < 4.78 is 5.12. The highest BCUT2D eigenvalue weighted by Gasteiger charge is 2.24. The summed E-state index contributed by atoms with van der Waals surface area (Å²) in [6.45, 7) is 6.06. The summed E-state index contributed by atoms with van der Waals surface area (Å²) in [6, 6.07) is 7.73. The van der Waals surface area contributed by atoms with Crippen LogP contribution in [0, 0.1) is 5.92 Å². The van der Waals surface area contributed by atoms with Gasteiger partial charge in [0.1, 0.15) is 5.75 Å². The number of amides is 1. The lowest BCUT2D eigenvalue weighted by atomic mass is 9.96. The number of carbonyl (C=O) groups is 1. The Labute approximate surface area is 127 Å². The first-order valence-electron chi connectivity index (χ1n) is 7.57. The molecule has 1 rings (SSSR count). The molecule has 4 nitrogen and oxygen atoms in total. The van der Waals surface area contributed by atoms with E-state index in [0.717, 1.165) is 11.3 Å². The Morgan fingerprint density at radius 2 is 1.86 bits per heavy atom. The number of hydrogen-bond acceptors (Lipinski definition) is 3. The molecule has 2 N–H and O–H groups in total. The molecule has 0 saturated heterocycles. The molecule has 1 amide bonds. The lowest BCUT2D eigenvalue weighted by Gasteiger charge is -2.26. The van der Waals surface area contributed by atoms with Gasteiger partial charge in [0, 0.05) is 12.5 Å². The van der Waals surface area contributed by atoms with E-state index in [9.17, 15) is 9.90 Å². The van der Waals surface area contributed by atoms with Crippen LogP contribution < -0.4 is 10.1 Å². The molecule has 1 aromatic carbocycles. The molecule has 0 saturated carbocycles. The first kappa shape index (κ1) is 17.5. The topological polar surface area (TPSA) is 58.6 Å². The first-order chi connectivity index (χ1) is 9.94. The number of carbonyl (C=O) groups excluding carboxylic acids is 1. The van der Waals surface area contributed by atoms with Crippen molar-refractivity contribution in [3.8, 4) is 5.75 Å². The van der Waals surface area contributed by atoms with Gasteiger partial charge in [-0.05, 0) is 37.0 Å². The highest BCUT2D eigenvalue weighted by molar-refractivity contribution is 5.78. The summed E-state index contributed by atoms with van der Waals surface area (Å²) in [7, 11) is 1.63. The minimum atomic E-state index is -0.796. The van der Waals surface area contributed by atoms with Crippen LogP contribution >= 0.6 is 0 Å². The SMILES string of the molecule is CCC(O)(CC)CNC(=O)C(C)Cc1ccc(OC)cc1. The monoisotopic (exact) mass is 293 g/mol. The Kier molecular flexibility index (Phi) is 6.69. The molecule has 0 aliphatic carbocycles. The predicted molar refractivity (Wildman–Crippen MR) is 84.4 cm³/mol. The molecule has 0 heterocycles. The van der Waals surface area contributed by atoms with Crippen molar-refractivity contribution < 1.29 is 14.6 Å². The van der Waals surface area contributed by atoms with Crippen LogP contribution in [-0.2, 0) is 11.2 Å². The Morgan fingerprint density at radius 3 is 2.33 bits per heavy atom. The molecular formula is C17H27NO3. The number of nitrogens with one attached hydrogen (secondary N) is 1. The second kappa shape index (κ2) is 8.03. The van der Waals surface area contributed by atoms with E-state index in [-0.39, 0.29) is 11.8 Å². The van der Waals surface area contributed by atoms with Gasteiger partial charge in [0.2, 0.25) is 5.91 Å². The fraction of sp³-hybridized carbons (Fsp3) is 0.588. The Bertz CT molecular complexity index is 438. The second-order valence-electron chi connectivity index (χ2n) is 5.60. The van der Waals surface area contributed by atoms with Crippen LogP contribution in [0.2, 0.25) is 0 Å². The van der Waals surface area contributed by atoms with Crippen molar-refractivity contribution in [3.05, 3.63) is 29.8 Å². The zero-order valence-corrected chi connectivity index (χ0v) is 13.5. The fourth-order valence-corrected chi connectivity index (χ4v) is 2.13. The molecule has 1 aromatic rings. The van der Waals surface area contributed by atoms with Gasteiger partial charge >= 0.3 is 0 Å². The summed E-state index contributed by atoms with van der Waals surface area (Å²) in [5.41, 5.74) is 0.301. The van der Waals surface area contributed by atoms with Gasteiger partial charge in [-0.3, -0.25) is 4.79 Å². The van der Waals surface area contributed by atoms with E-state index in [1.807, 2.05) is 45.0 Å². The highest BCUT2D eigenvalue weighted by Crippen LogP contribution is 2.16. The van der Waals surface area contributed by atoms with Gasteiger partial charge in [0.05, 0.1) is 12.7 Å². The van der Waals surface area contributed by atoms with Crippen LogP contribution in [0.5, 0.6) is 5.75 Å². The predicted octanol–water partition coefficient (Wildman–Crippen LogP) is 2.54. The number of hydrogen-bond donors (Lipinski definition) is 2. The Morgan fingerprint density at radius 1 is 1.29 bits per heavy atom. The summed E-state index contributed by atoms with van der Waals surface area (Å²) in [5, 5.41) is 13.0. The first-order valence-corrected chi connectivity index (χ1v) is 7.57. The van der Waals surface area contributed by atoms with Crippen molar-refractivity contribution in [2.45, 2.75) is 45.6 Å². The lowest BCUT2D eigenvalue weighted by Crippen LogP contribution is -2.43. The standard InChI is InChI=1S/C17H27NO3/c1-5-17(20,6-2)12-18-16(19)13(3)11-14-7-9-15(21-4)10-8-14/h7-10,13,20H,5-6,11-12H2,1-4H3,(H,18,19). The van der Waals surface area contributed by atoms with Crippen LogP contribution in [-0.4, -0.2) is 30.3 Å². The van der Waals surface area contributed by atoms with Crippen molar-refractivity contribution >= 4 is 5.91 Å². The molecule has 0 aliphatic heterocycles. The second-order valence-corrected chi connectivity index (χ2v) is 5.60. The molecule has 0 bridgehead atoms. The van der Waals surface area contributed by atoms with Gasteiger partial charge in [-0.2, -0.15) is 0 Å². The number of rotatable bonds is 8. The van der Waals surface area contributed by atoms with Gasteiger partial charge in [0.15, 0.2) is 0 Å². The van der Waals surface area contributed by atoms with Crippen LogP contribution in [0.1, 0.15) is 39.2 Å². The maximum absolute atomic E-state index is 12.1. The summed E-state index contributed by atoms with van der Waals surface area (Å²) >= 11 is 0. The fourth-order valence-electron chi connectivity index (χ4n) is 2.13. The minimum Gasteiger partial charge on any atom is -0.497 e. The van der Waals surface area contributed by atoms with Crippen molar-refractivity contribution in [1.82, 2.24) is 5.32 Å². The van der Waals surface area contributed by atoms with Crippen molar-refractivity contribution in [2.24, 2.45) is 5.92 Å². The van der Waals surface area contributed by atoms with Gasteiger partial charge < -0.3 is 15.2 Å². The molecule has 0 aromatic heterocycles. The van der Waals surface area contributed by atoms with E-state index in [2.05, 4.69) is 5.32 Å². The molecule has 1 unspecified atom stereocenters. The minimum absolute atomic E-state index is 0.0221. The average Bonchev–Trinajstić information content (AvgIpc) is 2.52. The van der Waals surface area contributed by atoms with Crippen LogP contribution in [0.25, 0.3) is 0 Å². The van der Waals surface area contributed by atoms with E-state index in [1.165, 1.54) is 0 Å². The number of ether oxygens (including phenoxy) is 1. The Hall–Kier alpha value is -1.55. The summed E-state index contributed by atoms with van der Waals surface area (Å²) in [6.07, 6.45) is 1.94. The highest BCUT2D eigenvalue weighted by atomic mass is 16.5. The van der Waals surface area contributed by atoms with Gasteiger partial charge in [0.25, 0.3) is 0 Å².